The molecule has 0 saturated heterocycles. The summed E-state index contributed by atoms with van der Waals surface area (Å²) in [6, 6.07) is 6.57. The van der Waals surface area contributed by atoms with Gasteiger partial charge < -0.3 is 11.1 Å². The topological polar surface area (TPSA) is 68.0 Å². The van der Waals surface area contributed by atoms with Crippen molar-refractivity contribution in [2.24, 2.45) is 0 Å². The molecule has 0 bridgehead atoms. The number of rotatable bonds is 4. The van der Waals surface area contributed by atoms with Gasteiger partial charge in [0.1, 0.15) is 5.82 Å². The maximum absolute atomic E-state index is 13.5. The molecule has 0 saturated carbocycles. The van der Waals surface area contributed by atoms with Gasteiger partial charge in [-0.15, -0.1) is 0 Å². The van der Waals surface area contributed by atoms with Crippen molar-refractivity contribution in [2.45, 2.75) is 19.8 Å². The van der Waals surface area contributed by atoms with Crippen LogP contribution < -0.4 is 11.1 Å². The minimum Gasteiger partial charge on any atom is -0.384 e. The molecule has 4 nitrogen and oxygen atoms in total. The molecule has 2 rings (SSSR count). The number of carbonyl (C=O) groups excluding carboxylic acids is 1. The third-order valence-corrected chi connectivity index (χ3v) is 2.87. The van der Waals surface area contributed by atoms with Gasteiger partial charge in [-0.1, -0.05) is 19.4 Å². The zero-order chi connectivity index (χ0) is 15.4. The number of nitrogen functional groups attached to an aromatic ring is 1. The van der Waals surface area contributed by atoms with E-state index in [0.29, 0.717) is 12.1 Å². The van der Waals surface area contributed by atoms with Gasteiger partial charge >= 0.3 is 0 Å². The summed E-state index contributed by atoms with van der Waals surface area (Å²) in [5, 5.41) is 2.33. The van der Waals surface area contributed by atoms with Crippen LogP contribution in [-0.2, 0) is 6.42 Å². The number of anilines is 2. The summed E-state index contributed by atoms with van der Waals surface area (Å²) < 4.78 is 26.6. The molecule has 0 spiro atoms. The Morgan fingerprint density at radius 1 is 1.33 bits per heavy atom. The van der Waals surface area contributed by atoms with Gasteiger partial charge in [-0.2, -0.15) is 0 Å². The number of nitrogens with two attached hydrogens (primary N) is 1. The lowest BCUT2D eigenvalue weighted by atomic mass is 10.1. The molecule has 6 heteroatoms. The maximum Gasteiger partial charge on any atom is 0.255 e. The molecule has 1 aromatic carbocycles. The number of carbonyl (C=O) groups is 1. The fourth-order valence-corrected chi connectivity index (χ4v) is 1.92. The lowest BCUT2D eigenvalue weighted by Crippen LogP contribution is -2.15. The highest BCUT2D eigenvalue weighted by atomic mass is 19.2. The van der Waals surface area contributed by atoms with Crippen LogP contribution in [0.5, 0.6) is 0 Å². The number of hydrogen-bond donors (Lipinski definition) is 2. The third kappa shape index (κ3) is 3.53. The van der Waals surface area contributed by atoms with Crippen molar-refractivity contribution in [2.75, 3.05) is 11.1 Å². The van der Waals surface area contributed by atoms with Crippen LogP contribution in [0.1, 0.15) is 29.4 Å². The number of pyridine rings is 1. The average molecular weight is 291 g/mol. The first-order valence-electron chi connectivity index (χ1n) is 6.53. The summed E-state index contributed by atoms with van der Waals surface area (Å²) in [7, 11) is 0. The number of aryl methyl sites for hydroxylation is 1. The van der Waals surface area contributed by atoms with Crippen LogP contribution in [0.4, 0.5) is 20.3 Å². The van der Waals surface area contributed by atoms with E-state index in [1.165, 1.54) is 18.2 Å². The second kappa shape index (κ2) is 6.30. The number of benzene rings is 1. The largest absolute Gasteiger partial charge is 0.384 e. The van der Waals surface area contributed by atoms with Crippen molar-refractivity contribution in [1.29, 1.82) is 0 Å². The summed E-state index contributed by atoms with van der Waals surface area (Å²) in [5.41, 5.74) is 6.38. The smallest absolute Gasteiger partial charge is 0.255 e. The number of nitrogens with one attached hydrogen (secondary N) is 1. The first-order chi connectivity index (χ1) is 10.0. The van der Waals surface area contributed by atoms with E-state index >= 15 is 0 Å². The van der Waals surface area contributed by atoms with Crippen LogP contribution in [0, 0.1) is 11.6 Å². The molecule has 110 valence electrons. The van der Waals surface area contributed by atoms with E-state index in [2.05, 4.69) is 10.3 Å². The molecule has 1 amide bonds. The normalized spacial score (nSPS) is 10.4. The number of nitrogens with zero attached hydrogens (tertiary/aromatic N) is 1. The SMILES string of the molecule is CCCc1cc(C(=O)Nc2cccc(F)c2F)cc(N)n1. The fourth-order valence-electron chi connectivity index (χ4n) is 1.92. The van der Waals surface area contributed by atoms with Gasteiger partial charge in [0, 0.05) is 11.3 Å². The fraction of sp³-hybridized carbons (Fsp3) is 0.200. The van der Waals surface area contributed by atoms with Crippen molar-refractivity contribution in [3.05, 3.63) is 53.2 Å². The van der Waals surface area contributed by atoms with Crippen LogP contribution in [0.2, 0.25) is 0 Å². The van der Waals surface area contributed by atoms with Crippen LogP contribution in [0.3, 0.4) is 0 Å². The van der Waals surface area contributed by atoms with Crippen LogP contribution in [-0.4, -0.2) is 10.9 Å². The molecule has 21 heavy (non-hydrogen) atoms. The summed E-state index contributed by atoms with van der Waals surface area (Å²) in [6.45, 7) is 1.98. The Kier molecular flexibility index (Phi) is 4.47. The summed E-state index contributed by atoms with van der Waals surface area (Å²) in [4.78, 5) is 16.2. The molecule has 0 aliphatic heterocycles. The highest BCUT2D eigenvalue weighted by Gasteiger charge is 2.13. The average Bonchev–Trinajstić information content (AvgIpc) is 2.43. The van der Waals surface area contributed by atoms with E-state index in [-0.39, 0.29) is 17.1 Å². The first kappa shape index (κ1) is 14.9. The molecule has 3 N–H and O–H groups in total. The quantitative estimate of drug-likeness (QED) is 0.909. The summed E-state index contributed by atoms with van der Waals surface area (Å²) in [6.07, 6.45) is 1.54. The predicted molar refractivity (Wildman–Crippen MR) is 77.0 cm³/mol. The van der Waals surface area contributed by atoms with Crippen molar-refractivity contribution in [1.82, 2.24) is 4.98 Å². The zero-order valence-electron chi connectivity index (χ0n) is 11.5. The van der Waals surface area contributed by atoms with Gasteiger partial charge in [-0.05, 0) is 30.7 Å². The first-order valence-corrected chi connectivity index (χ1v) is 6.53. The van der Waals surface area contributed by atoms with Crippen molar-refractivity contribution in [3.8, 4) is 0 Å². The van der Waals surface area contributed by atoms with E-state index in [0.717, 1.165) is 12.5 Å². The van der Waals surface area contributed by atoms with Crippen molar-refractivity contribution in [3.63, 3.8) is 0 Å². The second-order valence-electron chi connectivity index (χ2n) is 4.58. The Balaban J connectivity index is 2.26. The lowest BCUT2D eigenvalue weighted by Gasteiger charge is -2.08. The molecule has 0 radical (unpaired) electrons. The molecule has 2 aromatic rings. The monoisotopic (exact) mass is 291 g/mol. The predicted octanol–water partition coefficient (Wildman–Crippen LogP) is 3.15. The molecule has 1 aromatic heterocycles. The molecule has 0 aliphatic carbocycles. The van der Waals surface area contributed by atoms with E-state index in [9.17, 15) is 13.6 Å². The highest BCUT2D eigenvalue weighted by molar-refractivity contribution is 6.04. The molecular weight excluding hydrogens is 276 g/mol. The van der Waals surface area contributed by atoms with Gasteiger partial charge in [0.05, 0.1) is 5.69 Å². The lowest BCUT2D eigenvalue weighted by molar-refractivity contribution is 0.102. The summed E-state index contributed by atoms with van der Waals surface area (Å²) in [5.74, 6) is -2.47. The number of halogens is 2. The van der Waals surface area contributed by atoms with E-state index in [4.69, 9.17) is 5.73 Å². The summed E-state index contributed by atoms with van der Waals surface area (Å²) >= 11 is 0. The Morgan fingerprint density at radius 2 is 2.10 bits per heavy atom. The molecular formula is C15H15F2N3O. The van der Waals surface area contributed by atoms with Gasteiger partial charge in [0.15, 0.2) is 11.6 Å². The van der Waals surface area contributed by atoms with Gasteiger partial charge in [-0.25, -0.2) is 13.8 Å². The number of hydrogen-bond acceptors (Lipinski definition) is 3. The third-order valence-electron chi connectivity index (χ3n) is 2.87. The standard InChI is InChI=1S/C15H15F2N3O/c1-2-4-10-7-9(8-13(18)19-10)15(21)20-12-6-3-5-11(16)14(12)17/h3,5-8H,2,4H2,1H3,(H2,18,19)(H,20,21). The van der Waals surface area contributed by atoms with Crippen LogP contribution in [0.25, 0.3) is 0 Å². The van der Waals surface area contributed by atoms with Crippen molar-refractivity contribution < 1.29 is 13.6 Å². The van der Waals surface area contributed by atoms with Gasteiger partial charge in [-0.3, -0.25) is 4.79 Å². The maximum atomic E-state index is 13.5. The van der Waals surface area contributed by atoms with E-state index in [1.807, 2.05) is 6.92 Å². The van der Waals surface area contributed by atoms with Crippen molar-refractivity contribution >= 4 is 17.4 Å². The molecule has 0 atom stereocenters. The molecule has 1 heterocycles. The Morgan fingerprint density at radius 3 is 2.81 bits per heavy atom. The van der Waals surface area contributed by atoms with Crippen LogP contribution >= 0.6 is 0 Å². The zero-order valence-corrected chi connectivity index (χ0v) is 11.5. The minimum absolute atomic E-state index is 0.214. The number of aromatic nitrogens is 1. The minimum atomic E-state index is -1.10. The second-order valence-corrected chi connectivity index (χ2v) is 4.58. The van der Waals surface area contributed by atoms with Crippen LogP contribution in [0.15, 0.2) is 30.3 Å². The van der Waals surface area contributed by atoms with Gasteiger partial charge in [0.2, 0.25) is 0 Å². The molecule has 0 unspecified atom stereocenters. The highest BCUT2D eigenvalue weighted by Crippen LogP contribution is 2.18. The Bertz CT molecular complexity index is 674. The number of amides is 1. The van der Waals surface area contributed by atoms with E-state index < -0.39 is 17.5 Å². The molecule has 0 aliphatic rings. The van der Waals surface area contributed by atoms with E-state index in [1.54, 1.807) is 6.07 Å². The molecule has 0 fully saturated rings. The van der Waals surface area contributed by atoms with Gasteiger partial charge in [0.25, 0.3) is 5.91 Å². The Hall–Kier alpha value is -2.50. The Labute approximate surface area is 121 Å².